The van der Waals surface area contributed by atoms with Crippen LogP contribution in [0.2, 0.25) is 0 Å². The first-order valence-corrected chi connectivity index (χ1v) is 10.2. The van der Waals surface area contributed by atoms with E-state index in [0.717, 1.165) is 29.8 Å². The highest BCUT2D eigenvalue weighted by atomic mass is 32.1. The number of anilines is 1. The molecular weight excluding hydrogens is 370 g/mol. The van der Waals surface area contributed by atoms with Crippen LogP contribution in [0.25, 0.3) is 0 Å². The number of nitrogens with zero attached hydrogens (tertiary/aromatic N) is 1. The minimum absolute atomic E-state index is 0.0147. The Bertz CT molecular complexity index is 970. The molecule has 28 heavy (non-hydrogen) atoms. The predicted molar refractivity (Wildman–Crippen MR) is 111 cm³/mol. The number of thiazole rings is 1. The summed E-state index contributed by atoms with van der Waals surface area (Å²) in [5, 5.41) is 6.43. The number of aryl methyl sites for hydroxylation is 1. The van der Waals surface area contributed by atoms with Gasteiger partial charge in [-0.25, -0.2) is 4.98 Å². The summed E-state index contributed by atoms with van der Waals surface area (Å²) in [6.45, 7) is 0.608. The molecule has 2 aromatic carbocycles. The van der Waals surface area contributed by atoms with Crippen molar-refractivity contribution in [1.82, 2.24) is 10.3 Å². The molecule has 1 atom stereocenters. The van der Waals surface area contributed by atoms with Crippen LogP contribution in [0.1, 0.15) is 38.8 Å². The molecule has 1 heterocycles. The van der Waals surface area contributed by atoms with Gasteiger partial charge in [-0.1, -0.05) is 48.5 Å². The van der Waals surface area contributed by atoms with E-state index in [2.05, 4.69) is 27.8 Å². The molecule has 6 heteroatoms. The van der Waals surface area contributed by atoms with Gasteiger partial charge in [0.15, 0.2) is 5.13 Å². The Morgan fingerprint density at radius 3 is 2.50 bits per heavy atom. The van der Waals surface area contributed by atoms with Gasteiger partial charge in [0, 0.05) is 17.0 Å². The predicted octanol–water partition coefficient (Wildman–Crippen LogP) is 3.78. The second-order valence-electron chi connectivity index (χ2n) is 6.77. The third kappa shape index (κ3) is 4.12. The van der Waals surface area contributed by atoms with E-state index in [9.17, 15) is 9.59 Å². The van der Waals surface area contributed by atoms with E-state index in [4.69, 9.17) is 0 Å². The molecule has 5 nitrogen and oxygen atoms in total. The maximum absolute atomic E-state index is 12.6. The van der Waals surface area contributed by atoms with Gasteiger partial charge in [0.25, 0.3) is 5.91 Å². The zero-order valence-electron chi connectivity index (χ0n) is 15.4. The minimum atomic E-state index is -0.232. The Kier molecular flexibility index (Phi) is 5.48. The molecule has 0 bridgehead atoms. The van der Waals surface area contributed by atoms with Gasteiger partial charge in [-0.2, -0.15) is 0 Å². The molecule has 0 saturated heterocycles. The number of nitrogens with one attached hydrogen (secondary N) is 2. The van der Waals surface area contributed by atoms with E-state index in [1.165, 1.54) is 16.9 Å². The number of carbonyl (C=O) groups excluding carboxylic acids is 2. The standard InChI is InChI=1S/C22H21N3O2S/c26-20(16-9-5-2-6-10-16)25-22-24-19-17(11-12-18(19)28-22)21(27)23-14-13-15-7-3-1-4-8-15/h1-10,17H,11-14H2,(H,23,27)(H,24,25,26)/t17-/m1/s1. The van der Waals surface area contributed by atoms with Gasteiger partial charge in [0.05, 0.1) is 11.6 Å². The van der Waals surface area contributed by atoms with E-state index in [1.807, 2.05) is 36.4 Å². The Balaban J connectivity index is 1.36. The number of aromatic nitrogens is 1. The molecule has 1 aromatic heterocycles. The number of hydrogen-bond acceptors (Lipinski definition) is 4. The summed E-state index contributed by atoms with van der Waals surface area (Å²) in [6.07, 6.45) is 2.41. The third-order valence-corrected chi connectivity index (χ3v) is 5.89. The molecule has 0 fully saturated rings. The lowest BCUT2D eigenvalue weighted by Crippen LogP contribution is -2.30. The lowest BCUT2D eigenvalue weighted by molar-refractivity contribution is -0.122. The van der Waals surface area contributed by atoms with E-state index >= 15 is 0 Å². The molecule has 0 saturated carbocycles. The van der Waals surface area contributed by atoms with Crippen LogP contribution in [-0.2, 0) is 17.6 Å². The normalized spacial score (nSPS) is 15.1. The lowest BCUT2D eigenvalue weighted by atomic mass is 10.1. The van der Waals surface area contributed by atoms with Crippen LogP contribution in [0, 0.1) is 0 Å². The quantitative estimate of drug-likeness (QED) is 0.672. The van der Waals surface area contributed by atoms with Crippen LogP contribution < -0.4 is 10.6 Å². The summed E-state index contributed by atoms with van der Waals surface area (Å²) >= 11 is 1.46. The molecule has 0 unspecified atom stereocenters. The summed E-state index contributed by atoms with van der Waals surface area (Å²) in [6, 6.07) is 19.2. The van der Waals surface area contributed by atoms with Gasteiger partial charge in [-0.3, -0.25) is 14.9 Å². The molecule has 0 spiro atoms. The number of fused-ring (bicyclic) bond motifs is 1. The molecule has 142 valence electrons. The average molecular weight is 391 g/mol. The number of amides is 2. The topological polar surface area (TPSA) is 71.1 Å². The molecule has 0 aliphatic heterocycles. The van der Waals surface area contributed by atoms with Crippen molar-refractivity contribution in [3.8, 4) is 0 Å². The van der Waals surface area contributed by atoms with E-state index in [0.29, 0.717) is 17.2 Å². The molecule has 0 radical (unpaired) electrons. The molecule has 1 aliphatic carbocycles. The first kappa shape index (κ1) is 18.4. The van der Waals surface area contributed by atoms with E-state index in [1.54, 1.807) is 12.1 Å². The molecule has 4 rings (SSSR count). The highest BCUT2D eigenvalue weighted by molar-refractivity contribution is 7.16. The molecule has 2 amide bonds. The van der Waals surface area contributed by atoms with Gasteiger partial charge >= 0.3 is 0 Å². The van der Waals surface area contributed by atoms with E-state index < -0.39 is 0 Å². The van der Waals surface area contributed by atoms with Crippen LogP contribution in [0.15, 0.2) is 60.7 Å². The number of carbonyl (C=O) groups is 2. The SMILES string of the molecule is O=C(Nc1nc2c(s1)CC[C@H]2C(=O)NCCc1ccccc1)c1ccccc1. The van der Waals surface area contributed by atoms with E-state index in [-0.39, 0.29) is 17.7 Å². The van der Waals surface area contributed by atoms with Crippen molar-refractivity contribution in [2.24, 2.45) is 0 Å². The second-order valence-corrected chi connectivity index (χ2v) is 7.85. The molecular formula is C22H21N3O2S. The fraction of sp³-hybridized carbons (Fsp3) is 0.227. The van der Waals surface area contributed by atoms with Crippen molar-refractivity contribution in [2.75, 3.05) is 11.9 Å². The Morgan fingerprint density at radius 2 is 1.75 bits per heavy atom. The van der Waals surface area contributed by atoms with Crippen molar-refractivity contribution in [3.05, 3.63) is 82.4 Å². The Morgan fingerprint density at radius 1 is 1.04 bits per heavy atom. The van der Waals surface area contributed by atoms with Gasteiger partial charge in [-0.15, -0.1) is 11.3 Å². The Hall–Kier alpha value is -2.99. The maximum atomic E-state index is 12.6. The molecule has 2 N–H and O–H groups in total. The van der Waals surface area contributed by atoms with Crippen LogP contribution in [0.4, 0.5) is 5.13 Å². The highest BCUT2D eigenvalue weighted by Crippen LogP contribution is 2.38. The van der Waals surface area contributed by atoms with Crippen molar-refractivity contribution in [3.63, 3.8) is 0 Å². The monoisotopic (exact) mass is 391 g/mol. The van der Waals surface area contributed by atoms with Crippen molar-refractivity contribution in [2.45, 2.75) is 25.2 Å². The van der Waals surface area contributed by atoms with Crippen LogP contribution >= 0.6 is 11.3 Å². The minimum Gasteiger partial charge on any atom is -0.355 e. The number of hydrogen-bond donors (Lipinski definition) is 2. The number of rotatable bonds is 6. The van der Waals surface area contributed by atoms with Gasteiger partial charge in [-0.05, 0) is 37.0 Å². The smallest absolute Gasteiger partial charge is 0.257 e. The van der Waals surface area contributed by atoms with Crippen LogP contribution in [-0.4, -0.2) is 23.3 Å². The second kappa shape index (κ2) is 8.35. The van der Waals surface area contributed by atoms with Crippen LogP contribution in [0.5, 0.6) is 0 Å². The van der Waals surface area contributed by atoms with Gasteiger partial charge in [0.1, 0.15) is 0 Å². The fourth-order valence-corrected chi connectivity index (χ4v) is 4.43. The summed E-state index contributed by atoms with van der Waals surface area (Å²) in [4.78, 5) is 30.6. The fourth-order valence-electron chi connectivity index (χ4n) is 3.39. The highest BCUT2D eigenvalue weighted by Gasteiger charge is 2.32. The summed E-state index contributed by atoms with van der Waals surface area (Å²) in [7, 11) is 0. The Labute approximate surface area is 167 Å². The van der Waals surface area contributed by atoms with Crippen molar-refractivity contribution in [1.29, 1.82) is 0 Å². The summed E-state index contributed by atoms with van der Waals surface area (Å²) in [5.74, 6) is -0.401. The summed E-state index contributed by atoms with van der Waals surface area (Å²) < 4.78 is 0. The number of benzene rings is 2. The summed E-state index contributed by atoms with van der Waals surface area (Å²) in [5.41, 5.74) is 2.60. The average Bonchev–Trinajstić information content (AvgIpc) is 3.29. The maximum Gasteiger partial charge on any atom is 0.257 e. The first-order chi connectivity index (χ1) is 13.7. The van der Waals surface area contributed by atoms with Gasteiger partial charge in [0.2, 0.25) is 5.91 Å². The zero-order chi connectivity index (χ0) is 19.3. The van der Waals surface area contributed by atoms with Crippen molar-refractivity contribution < 1.29 is 9.59 Å². The van der Waals surface area contributed by atoms with Crippen LogP contribution in [0.3, 0.4) is 0 Å². The first-order valence-electron chi connectivity index (χ1n) is 9.38. The molecule has 3 aromatic rings. The van der Waals surface area contributed by atoms with Crippen molar-refractivity contribution >= 4 is 28.3 Å². The zero-order valence-corrected chi connectivity index (χ0v) is 16.2. The lowest BCUT2D eigenvalue weighted by Gasteiger charge is -2.10. The van der Waals surface area contributed by atoms with Gasteiger partial charge < -0.3 is 5.32 Å². The third-order valence-electron chi connectivity index (χ3n) is 4.85. The molecule has 1 aliphatic rings. The largest absolute Gasteiger partial charge is 0.355 e.